The summed E-state index contributed by atoms with van der Waals surface area (Å²) in [6.07, 6.45) is 1.19. The average molecular weight is 388 g/mol. The maximum absolute atomic E-state index is 12.4. The van der Waals surface area contributed by atoms with Gasteiger partial charge in [0.25, 0.3) is 0 Å². The number of sulfonamides is 1. The summed E-state index contributed by atoms with van der Waals surface area (Å²) in [5.41, 5.74) is 0.473. The molecule has 2 rings (SSSR count). The zero-order valence-electron chi connectivity index (χ0n) is 14.3. The van der Waals surface area contributed by atoms with Gasteiger partial charge in [0, 0.05) is 51.1 Å². The SMILES string of the molecule is CC(=O)N1CCN(C(=O)CCN(c2ccc(Cl)cc2)S(C)(=O)=O)CC1. The summed E-state index contributed by atoms with van der Waals surface area (Å²) in [7, 11) is -3.51. The third kappa shape index (κ3) is 5.34. The number of hydrogen-bond donors (Lipinski definition) is 0. The summed E-state index contributed by atoms with van der Waals surface area (Å²) < 4.78 is 25.3. The van der Waals surface area contributed by atoms with Crippen LogP contribution >= 0.6 is 11.6 Å². The molecule has 25 heavy (non-hydrogen) atoms. The Hall–Kier alpha value is -1.80. The van der Waals surface area contributed by atoms with Gasteiger partial charge in [0.2, 0.25) is 21.8 Å². The molecule has 7 nitrogen and oxygen atoms in total. The minimum atomic E-state index is -3.51. The first-order valence-corrected chi connectivity index (χ1v) is 10.2. The molecular formula is C16H22ClN3O4S. The molecule has 0 bridgehead atoms. The molecule has 0 unspecified atom stereocenters. The van der Waals surface area contributed by atoms with E-state index in [1.54, 1.807) is 34.1 Å². The Morgan fingerprint density at radius 2 is 1.60 bits per heavy atom. The maximum Gasteiger partial charge on any atom is 0.232 e. The van der Waals surface area contributed by atoms with Crippen molar-refractivity contribution in [1.82, 2.24) is 9.80 Å². The molecule has 138 valence electrons. The van der Waals surface area contributed by atoms with E-state index in [0.717, 1.165) is 6.26 Å². The van der Waals surface area contributed by atoms with E-state index in [4.69, 9.17) is 11.6 Å². The molecule has 1 heterocycles. The fourth-order valence-electron chi connectivity index (χ4n) is 2.72. The minimum Gasteiger partial charge on any atom is -0.339 e. The lowest BCUT2D eigenvalue weighted by atomic mass is 10.2. The molecule has 0 N–H and O–H groups in total. The van der Waals surface area contributed by atoms with Gasteiger partial charge >= 0.3 is 0 Å². The second-order valence-corrected chi connectivity index (χ2v) is 8.29. The first-order valence-electron chi connectivity index (χ1n) is 7.95. The predicted molar refractivity (Wildman–Crippen MR) is 97.1 cm³/mol. The molecule has 0 radical (unpaired) electrons. The van der Waals surface area contributed by atoms with Crippen LogP contribution in [0.5, 0.6) is 0 Å². The van der Waals surface area contributed by atoms with E-state index in [2.05, 4.69) is 0 Å². The summed E-state index contributed by atoms with van der Waals surface area (Å²) in [6.45, 7) is 3.53. The predicted octanol–water partition coefficient (Wildman–Crippen LogP) is 1.19. The van der Waals surface area contributed by atoms with Crippen molar-refractivity contribution < 1.29 is 18.0 Å². The van der Waals surface area contributed by atoms with Crippen molar-refractivity contribution in [2.75, 3.05) is 43.3 Å². The van der Waals surface area contributed by atoms with Gasteiger partial charge in [0.15, 0.2) is 0 Å². The van der Waals surface area contributed by atoms with Crippen molar-refractivity contribution in [3.8, 4) is 0 Å². The Morgan fingerprint density at radius 3 is 2.08 bits per heavy atom. The average Bonchev–Trinajstić information content (AvgIpc) is 2.55. The molecule has 2 amide bonds. The Morgan fingerprint density at radius 1 is 1.08 bits per heavy atom. The quantitative estimate of drug-likeness (QED) is 0.760. The number of amides is 2. The Kier molecular flexibility index (Phi) is 6.29. The number of anilines is 1. The van der Waals surface area contributed by atoms with Crippen molar-refractivity contribution in [1.29, 1.82) is 0 Å². The third-order valence-corrected chi connectivity index (χ3v) is 5.57. The van der Waals surface area contributed by atoms with E-state index in [9.17, 15) is 18.0 Å². The second kappa shape index (κ2) is 8.05. The molecule has 0 aliphatic carbocycles. The first-order chi connectivity index (χ1) is 11.7. The number of carbonyl (C=O) groups is 2. The Bertz CT molecular complexity index is 728. The highest BCUT2D eigenvalue weighted by atomic mass is 35.5. The number of piperazine rings is 1. The highest BCUT2D eigenvalue weighted by Gasteiger charge is 2.24. The number of benzene rings is 1. The van der Waals surface area contributed by atoms with E-state index in [0.29, 0.717) is 36.9 Å². The zero-order valence-corrected chi connectivity index (χ0v) is 15.9. The smallest absolute Gasteiger partial charge is 0.232 e. The molecule has 0 atom stereocenters. The monoisotopic (exact) mass is 387 g/mol. The van der Waals surface area contributed by atoms with Crippen LogP contribution in [-0.2, 0) is 19.6 Å². The fraction of sp³-hybridized carbons (Fsp3) is 0.500. The van der Waals surface area contributed by atoms with Crippen LogP contribution < -0.4 is 4.31 Å². The first kappa shape index (κ1) is 19.5. The summed E-state index contributed by atoms with van der Waals surface area (Å²) >= 11 is 5.84. The van der Waals surface area contributed by atoms with Gasteiger partial charge in [-0.25, -0.2) is 8.42 Å². The van der Waals surface area contributed by atoms with Crippen LogP contribution in [0.1, 0.15) is 13.3 Å². The van der Waals surface area contributed by atoms with Crippen LogP contribution in [0.25, 0.3) is 0 Å². The van der Waals surface area contributed by atoms with Gasteiger partial charge in [-0.1, -0.05) is 11.6 Å². The molecule has 1 aliphatic rings. The van der Waals surface area contributed by atoms with Gasteiger partial charge in [0.05, 0.1) is 11.9 Å². The van der Waals surface area contributed by atoms with Gasteiger partial charge in [-0.2, -0.15) is 0 Å². The van der Waals surface area contributed by atoms with E-state index in [1.165, 1.54) is 11.2 Å². The van der Waals surface area contributed by atoms with Gasteiger partial charge in [-0.15, -0.1) is 0 Å². The van der Waals surface area contributed by atoms with Crippen LogP contribution in [0.2, 0.25) is 5.02 Å². The maximum atomic E-state index is 12.4. The number of carbonyl (C=O) groups excluding carboxylic acids is 2. The lowest BCUT2D eigenvalue weighted by Crippen LogP contribution is -2.50. The normalized spacial score (nSPS) is 15.2. The summed E-state index contributed by atoms with van der Waals surface area (Å²) in [5, 5.41) is 0.511. The molecule has 1 saturated heterocycles. The molecule has 9 heteroatoms. The van der Waals surface area contributed by atoms with Gasteiger partial charge in [-0.05, 0) is 24.3 Å². The highest BCUT2D eigenvalue weighted by Crippen LogP contribution is 2.21. The fourth-order valence-corrected chi connectivity index (χ4v) is 3.77. The highest BCUT2D eigenvalue weighted by molar-refractivity contribution is 7.92. The van der Waals surface area contributed by atoms with E-state index < -0.39 is 10.0 Å². The summed E-state index contributed by atoms with van der Waals surface area (Å²) in [5.74, 6) is -0.121. The number of nitrogens with zero attached hydrogens (tertiary/aromatic N) is 3. The number of halogens is 1. The lowest BCUT2D eigenvalue weighted by molar-refractivity contribution is -0.138. The minimum absolute atomic E-state index is 0.00177. The van der Waals surface area contributed by atoms with Crippen LogP contribution in [0.3, 0.4) is 0 Å². The molecule has 1 aromatic carbocycles. The van der Waals surface area contributed by atoms with Crippen molar-refractivity contribution in [3.63, 3.8) is 0 Å². The van der Waals surface area contributed by atoms with Crippen LogP contribution in [0.4, 0.5) is 5.69 Å². The summed E-state index contributed by atoms with van der Waals surface area (Å²) in [4.78, 5) is 27.1. The van der Waals surface area contributed by atoms with Crippen molar-refractivity contribution >= 4 is 39.1 Å². The van der Waals surface area contributed by atoms with E-state index >= 15 is 0 Å². The number of rotatable bonds is 5. The molecule has 1 aromatic rings. The summed E-state index contributed by atoms with van der Waals surface area (Å²) in [6, 6.07) is 6.44. The van der Waals surface area contributed by atoms with E-state index in [-0.39, 0.29) is 24.8 Å². The topological polar surface area (TPSA) is 78.0 Å². The molecule has 1 fully saturated rings. The Labute approximate surface area is 153 Å². The van der Waals surface area contributed by atoms with Crippen molar-refractivity contribution in [3.05, 3.63) is 29.3 Å². The van der Waals surface area contributed by atoms with Crippen molar-refractivity contribution in [2.45, 2.75) is 13.3 Å². The molecule has 0 spiro atoms. The second-order valence-electron chi connectivity index (χ2n) is 5.95. The van der Waals surface area contributed by atoms with Gasteiger partial charge < -0.3 is 9.80 Å². The largest absolute Gasteiger partial charge is 0.339 e. The zero-order chi connectivity index (χ0) is 18.6. The third-order valence-electron chi connectivity index (χ3n) is 4.12. The standard InChI is InChI=1S/C16H22ClN3O4S/c1-13(21)18-9-11-19(12-10-18)16(22)7-8-20(25(2,23)24)15-5-3-14(17)4-6-15/h3-6H,7-12H2,1-2H3. The van der Waals surface area contributed by atoms with Gasteiger partial charge in [-0.3, -0.25) is 13.9 Å². The van der Waals surface area contributed by atoms with Crippen LogP contribution in [-0.4, -0.2) is 69.0 Å². The number of hydrogen-bond acceptors (Lipinski definition) is 4. The van der Waals surface area contributed by atoms with Crippen LogP contribution in [0, 0.1) is 0 Å². The van der Waals surface area contributed by atoms with Crippen molar-refractivity contribution in [2.24, 2.45) is 0 Å². The van der Waals surface area contributed by atoms with Crippen LogP contribution in [0.15, 0.2) is 24.3 Å². The molecule has 0 aromatic heterocycles. The molecule has 1 aliphatic heterocycles. The van der Waals surface area contributed by atoms with Gasteiger partial charge in [0.1, 0.15) is 0 Å². The van der Waals surface area contributed by atoms with E-state index in [1.807, 2.05) is 0 Å². The lowest BCUT2D eigenvalue weighted by Gasteiger charge is -2.34. The molecule has 0 saturated carbocycles. The molecular weight excluding hydrogens is 366 g/mol. The Balaban J connectivity index is 1.98.